The maximum atomic E-state index is 11.4. The molecule has 0 aliphatic carbocycles. The molecule has 3 N–H and O–H groups in total. The zero-order chi connectivity index (χ0) is 12.3. The van der Waals surface area contributed by atoms with Gasteiger partial charge in [0.05, 0.1) is 17.1 Å². The second-order valence-corrected chi connectivity index (χ2v) is 5.41. The van der Waals surface area contributed by atoms with Gasteiger partial charge >= 0.3 is 5.97 Å². The number of nitrogens with two attached hydrogens (primary N) is 1. The second-order valence-electron chi connectivity index (χ2n) is 4.44. The Morgan fingerprint density at radius 3 is 2.62 bits per heavy atom. The smallest absolute Gasteiger partial charge is 0.316 e. The highest BCUT2D eigenvalue weighted by molar-refractivity contribution is 8.00. The summed E-state index contributed by atoms with van der Waals surface area (Å²) in [6, 6.07) is 0. The first-order valence-corrected chi connectivity index (χ1v) is 5.93. The van der Waals surface area contributed by atoms with Crippen LogP contribution in [0.15, 0.2) is 5.03 Å². The minimum atomic E-state index is -0.454. The SMILES string of the molecule is Cc1[nH]nc(SCC(=O)OC(C)(C)C)c1N. The van der Waals surface area contributed by atoms with Crippen LogP contribution < -0.4 is 5.73 Å². The number of aryl methyl sites for hydroxylation is 1. The first-order chi connectivity index (χ1) is 7.29. The van der Waals surface area contributed by atoms with Gasteiger partial charge in [0.2, 0.25) is 0 Å². The van der Waals surface area contributed by atoms with Crippen LogP contribution in [-0.4, -0.2) is 27.5 Å². The quantitative estimate of drug-likeness (QED) is 0.624. The molecule has 16 heavy (non-hydrogen) atoms. The fourth-order valence-corrected chi connectivity index (χ4v) is 1.76. The van der Waals surface area contributed by atoms with Gasteiger partial charge in [-0.1, -0.05) is 11.8 Å². The van der Waals surface area contributed by atoms with Crippen LogP contribution in [0.1, 0.15) is 26.5 Å². The van der Waals surface area contributed by atoms with Gasteiger partial charge in [-0.2, -0.15) is 5.10 Å². The van der Waals surface area contributed by atoms with Gasteiger partial charge in [0.25, 0.3) is 0 Å². The molecule has 6 heteroatoms. The van der Waals surface area contributed by atoms with Crippen LogP contribution in [-0.2, 0) is 9.53 Å². The molecule has 0 aliphatic rings. The van der Waals surface area contributed by atoms with Crippen molar-refractivity contribution in [2.75, 3.05) is 11.5 Å². The number of thioether (sulfide) groups is 1. The van der Waals surface area contributed by atoms with Crippen molar-refractivity contribution in [1.82, 2.24) is 10.2 Å². The topological polar surface area (TPSA) is 81.0 Å². The van der Waals surface area contributed by atoms with E-state index in [4.69, 9.17) is 10.5 Å². The summed E-state index contributed by atoms with van der Waals surface area (Å²) in [7, 11) is 0. The van der Waals surface area contributed by atoms with Crippen LogP contribution in [0.5, 0.6) is 0 Å². The highest BCUT2D eigenvalue weighted by atomic mass is 32.2. The minimum Gasteiger partial charge on any atom is -0.459 e. The Balaban J connectivity index is 2.47. The maximum Gasteiger partial charge on any atom is 0.316 e. The normalized spacial score (nSPS) is 11.5. The molecule has 0 radical (unpaired) electrons. The van der Waals surface area contributed by atoms with Gasteiger partial charge in [-0.25, -0.2) is 0 Å². The van der Waals surface area contributed by atoms with E-state index in [0.717, 1.165) is 5.69 Å². The Morgan fingerprint density at radius 2 is 2.19 bits per heavy atom. The molecule has 0 bridgehead atoms. The number of carbonyl (C=O) groups is 1. The fraction of sp³-hybridized carbons (Fsp3) is 0.600. The highest BCUT2D eigenvalue weighted by Gasteiger charge is 2.17. The minimum absolute atomic E-state index is 0.214. The van der Waals surface area contributed by atoms with Crippen LogP contribution >= 0.6 is 11.8 Å². The summed E-state index contributed by atoms with van der Waals surface area (Å²) in [6.07, 6.45) is 0. The molecule has 1 heterocycles. The number of aromatic amines is 1. The third kappa shape index (κ3) is 3.77. The van der Waals surface area contributed by atoms with Crippen molar-refractivity contribution in [2.24, 2.45) is 0 Å². The Labute approximate surface area is 99.1 Å². The van der Waals surface area contributed by atoms with Gasteiger partial charge in [-0.3, -0.25) is 9.89 Å². The van der Waals surface area contributed by atoms with E-state index in [1.54, 1.807) is 0 Å². The predicted molar refractivity (Wildman–Crippen MR) is 64.3 cm³/mol. The van der Waals surface area contributed by atoms with E-state index in [2.05, 4.69) is 10.2 Å². The first kappa shape index (κ1) is 12.9. The number of carbonyl (C=O) groups excluding carboxylic acids is 1. The Morgan fingerprint density at radius 1 is 1.56 bits per heavy atom. The van der Waals surface area contributed by atoms with Crippen molar-refractivity contribution in [2.45, 2.75) is 38.3 Å². The molecule has 0 saturated heterocycles. The lowest BCUT2D eigenvalue weighted by Crippen LogP contribution is -2.24. The molecule has 90 valence electrons. The summed E-state index contributed by atoms with van der Waals surface area (Å²) in [4.78, 5) is 11.4. The highest BCUT2D eigenvalue weighted by Crippen LogP contribution is 2.24. The van der Waals surface area contributed by atoms with E-state index < -0.39 is 5.60 Å². The largest absolute Gasteiger partial charge is 0.459 e. The summed E-state index contributed by atoms with van der Waals surface area (Å²) < 4.78 is 5.17. The van der Waals surface area contributed by atoms with Crippen molar-refractivity contribution < 1.29 is 9.53 Å². The van der Waals surface area contributed by atoms with E-state index in [1.807, 2.05) is 27.7 Å². The molecule has 0 amide bonds. The van der Waals surface area contributed by atoms with Gasteiger partial charge < -0.3 is 10.5 Å². The average Bonchev–Trinajstić information content (AvgIpc) is 2.42. The van der Waals surface area contributed by atoms with E-state index in [1.165, 1.54) is 11.8 Å². The van der Waals surface area contributed by atoms with Gasteiger partial charge in [-0.15, -0.1) is 0 Å². The number of anilines is 1. The number of aromatic nitrogens is 2. The number of ether oxygens (including phenoxy) is 1. The molecule has 0 aliphatic heterocycles. The third-order valence-corrected chi connectivity index (χ3v) is 2.67. The van der Waals surface area contributed by atoms with Gasteiger partial charge in [0, 0.05) is 0 Å². The first-order valence-electron chi connectivity index (χ1n) is 4.94. The predicted octanol–water partition coefficient (Wildman–Crippen LogP) is 1.73. The molecule has 0 aromatic carbocycles. The molecule has 0 saturated carbocycles. The van der Waals surface area contributed by atoms with Crippen LogP contribution in [0.3, 0.4) is 0 Å². The van der Waals surface area contributed by atoms with Crippen LogP contribution in [0, 0.1) is 6.92 Å². The second kappa shape index (κ2) is 4.78. The lowest BCUT2D eigenvalue weighted by Gasteiger charge is -2.19. The van der Waals surface area contributed by atoms with Crippen molar-refractivity contribution in [3.05, 3.63) is 5.69 Å². The van der Waals surface area contributed by atoms with E-state index >= 15 is 0 Å². The summed E-state index contributed by atoms with van der Waals surface area (Å²) in [5.41, 5.74) is 6.70. The molecule has 1 aromatic rings. The Bertz CT molecular complexity index is 382. The van der Waals surface area contributed by atoms with Gasteiger partial charge in [0.15, 0.2) is 0 Å². The van der Waals surface area contributed by atoms with Crippen molar-refractivity contribution in [3.63, 3.8) is 0 Å². The molecule has 0 fully saturated rings. The molecule has 5 nitrogen and oxygen atoms in total. The third-order valence-electron chi connectivity index (χ3n) is 1.71. The van der Waals surface area contributed by atoms with E-state index in [-0.39, 0.29) is 11.7 Å². The van der Waals surface area contributed by atoms with Crippen LogP contribution in [0.2, 0.25) is 0 Å². The summed E-state index contributed by atoms with van der Waals surface area (Å²) in [6.45, 7) is 7.34. The number of nitrogen functional groups attached to an aromatic ring is 1. The van der Waals surface area contributed by atoms with E-state index in [0.29, 0.717) is 10.7 Å². The Kier molecular flexibility index (Phi) is 3.85. The summed E-state index contributed by atoms with van der Waals surface area (Å²) in [5.74, 6) is -0.0521. The van der Waals surface area contributed by atoms with Crippen LogP contribution in [0.25, 0.3) is 0 Å². The number of hydrogen-bond donors (Lipinski definition) is 2. The zero-order valence-corrected chi connectivity index (χ0v) is 10.8. The Hall–Kier alpha value is -1.17. The maximum absolute atomic E-state index is 11.4. The summed E-state index contributed by atoms with van der Waals surface area (Å²) in [5, 5.41) is 7.39. The van der Waals surface area contributed by atoms with Gasteiger partial charge in [-0.05, 0) is 27.7 Å². The molecule has 1 aromatic heterocycles. The monoisotopic (exact) mass is 243 g/mol. The standard InChI is InChI=1S/C10H17N3O2S/c1-6-8(11)9(13-12-6)16-5-7(14)15-10(2,3)4/h5,11H2,1-4H3,(H,12,13). The molecule has 0 atom stereocenters. The molecule has 1 rings (SSSR count). The summed E-state index contributed by atoms with van der Waals surface area (Å²) >= 11 is 1.27. The van der Waals surface area contributed by atoms with Crippen LogP contribution in [0.4, 0.5) is 5.69 Å². The number of esters is 1. The van der Waals surface area contributed by atoms with Crippen molar-refractivity contribution >= 4 is 23.4 Å². The number of nitrogens with zero attached hydrogens (tertiary/aromatic N) is 1. The number of hydrogen-bond acceptors (Lipinski definition) is 5. The number of H-pyrrole nitrogens is 1. The fourth-order valence-electron chi connectivity index (χ4n) is 1.02. The zero-order valence-electron chi connectivity index (χ0n) is 9.96. The number of nitrogens with one attached hydrogen (secondary N) is 1. The lowest BCUT2D eigenvalue weighted by molar-refractivity contribution is -0.151. The number of rotatable bonds is 3. The van der Waals surface area contributed by atoms with E-state index in [9.17, 15) is 4.79 Å². The van der Waals surface area contributed by atoms with Crippen molar-refractivity contribution in [3.8, 4) is 0 Å². The molecule has 0 spiro atoms. The van der Waals surface area contributed by atoms with Gasteiger partial charge in [0.1, 0.15) is 10.6 Å². The van der Waals surface area contributed by atoms with Crippen molar-refractivity contribution in [1.29, 1.82) is 0 Å². The molecule has 0 unspecified atom stereocenters. The molecular weight excluding hydrogens is 226 g/mol. The lowest BCUT2D eigenvalue weighted by atomic mass is 10.2. The average molecular weight is 243 g/mol. The molecular formula is C10H17N3O2S.